The van der Waals surface area contributed by atoms with E-state index in [4.69, 9.17) is 11.6 Å². The Balaban J connectivity index is 2.25. The standard InChI is InChI=1S/C7H12ClFN2O/c8-7(12)11-5-3-10(2-1-9)4-6-11/h1-6H2. The van der Waals surface area contributed by atoms with Crippen LogP contribution in [0.3, 0.4) is 0 Å². The first-order valence-electron chi connectivity index (χ1n) is 3.97. The van der Waals surface area contributed by atoms with Crippen LogP contribution in [0.15, 0.2) is 0 Å². The molecule has 0 spiro atoms. The van der Waals surface area contributed by atoms with Crippen LogP contribution in [-0.4, -0.2) is 54.6 Å². The van der Waals surface area contributed by atoms with Crippen molar-refractivity contribution >= 4 is 17.0 Å². The van der Waals surface area contributed by atoms with Crippen LogP contribution in [0.1, 0.15) is 0 Å². The van der Waals surface area contributed by atoms with Gasteiger partial charge in [-0.3, -0.25) is 9.69 Å². The molecule has 0 N–H and O–H groups in total. The van der Waals surface area contributed by atoms with Crippen molar-refractivity contribution in [3.8, 4) is 0 Å². The van der Waals surface area contributed by atoms with E-state index in [9.17, 15) is 9.18 Å². The zero-order valence-corrected chi connectivity index (χ0v) is 7.56. The molecule has 0 radical (unpaired) electrons. The summed E-state index contributed by atoms with van der Waals surface area (Å²) in [5, 5.41) is -0.408. The molecule has 1 amide bonds. The number of halogens is 2. The lowest BCUT2D eigenvalue weighted by Crippen LogP contribution is -2.47. The van der Waals surface area contributed by atoms with Crippen molar-refractivity contribution in [3.63, 3.8) is 0 Å². The summed E-state index contributed by atoms with van der Waals surface area (Å²) < 4.78 is 11.9. The minimum Gasteiger partial charge on any atom is -0.327 e. The van der Waals surface area contributed by atoms with Crippen molar-refractivity contribution in [2.24, 2.45) is 0 Å². The largest absolute Gasteiger partial charge is 0.327 e. The van der Waals surface area contributed by atoms with Gasteiger partial charge in [0.1, 0.15) is 6.67 Å². The van der Waals surface area contributed by atoms with Gasteiger partial charge in [-0.1, -0.05) is 0 Å². The predicted octanol–water partition coefficient (Wildman–Crippen LogP) is 0.932. The van der Waals surface area contributed by atoms with Crippen molar-refractivity contribution in [3.05, 3.63) is 0 Å². The van der Waals surface area contributed by atoms with Gasteiger partial charge < -0.3 is 4.90 Å². The number of carbonyl (C=O) groups is 1. The molecular weight excluding hydrogens is 183 g/mol. The molecule has 3 nitrogen and oxygen atoms in total. The molecule has 1 rings (SSSR count). The first-order chi connectivity index (χ1) is 5.74. The van der Waals surface area contributed by atoms with Gasteiger partial charge in [-0.25, -0.2) is 4.39 Å². The van der Waals surface area contributed by atoms with Crippen molar-refractivity contribution in [1.82, 2.24) is 9.80 Å². The topological polar surface area (TPSA) is 23.6 Å². The van der Waals surface area contributed by atoms with Crippen LogP contribution in [0.25, 0.3) is 0 Å². The summed E-state index contributed by atoms with van der Waals surface area (Å²) in [7, 11) is 0. The number of carbonyl (C=O) groups excluding carboxylic acids is 1. The molecule has 0 aliphatic carbocycles. The van der Waals surface area contributed by atoms with Crippen LogP contribution in [0.4, 0.5) is 9.18 Å². The van der Waals surface area contributed by atoms with Crippen LogP contribution in [0, 0.1) is 0 Å². The van der Waals surface area contributed by atoms with Gasteiger partial charge in [-0.15, -0.1) is 0 Å². The first kappa shape index (κ1) is 9.74. The van der Waals surface area contributed by atoms with E-state index in [0.717, 1.165) is 13.1 Å². The molecule has 0 aromatic carbocycles. The smallest absolute Gasteiger partial charge is 0.316 e. The van der Waals surface area contributed by atoms with E-state index in [1.165, 1.54) is 0 Å². The maximum Gasteiger partial charge on any atom is 0.316 e. The molecule has 0 bridgehead atoms. The monoisotopic (exact) mass is 194 g/mol. The minimum absolute atomic E-state index is 0.325. The van der Waals surface area contributed by atoms with Gasteiger partial charge in [-0.2, -0.15) is 0 Å². The molecule has 0 aromatic heterocycles. The Morgan fingerprint density at radius 1 is 1.33 bits per heavy atom. The third-order valence-corrected chi connectivity index (χ3v) is 2.26. The lowest BCUT2D eigenvalue weighted by Gasteiger charge is -2.32. The van der Waals surface area contributed by atoms with E-state index in [1.54, 1.807) is 4.90 Å². The number of nitrogens with zero attached hydrogens (tertiary/aromatic N) is 2. The fourth-order valence-electron chi connectivity index (χ4n) is 1.27. The quantitative estimate of drug-likeness (QED) is 0.483. The maximum atomic E-state index is 11.9. The normalized spacial score (nSPS) is 19.7. The molecule has 0 saturated carbocycles. The highest BCUT2D eigenvalue weighted by Crippen LogP contribution is 2.04. The van der Waals surface area contributed by atoms with Crippen LogP contribution in [-0.2, 0) is 0 Å². The van der Waals surface area contributed by atoms with E-state index in [2.05, 4.69) is 0 Å². The first-order valence-corrected chi connectivity index (χ1v) is 4.34. The Morgan fingerprint density at radius 3 is 2.33 bits per heavy atom. The molecule has 0 atom stereocenters. The van der Waals surface area contributed by atoms with Gasteiger partial charge in [0.05, 0.1) is 0 Å². The van der Waals surface area contributed by atoms with E-state index in [0.29, 0.717) is 19.6 Å². The average Bonchev–Trinajstić information content (AvgIpc) is 2.06. The number of amides is 1. The Bertz CT molecular complexity index is 159. The van der Waals surface area contributed by atoms with Crippen LogP contribution in [0.2, 0.25) is 0 Å². The van der Waals surface area contributed by atoms with Gasteiger partial charge in [0.15, 0.2) is 0 Å². The fraction of sp³-hybridized carbons (Fsp3) is 0.857. The predicted molar refractivity (Wildman–Crippen MR) is 45.2 cm³/mol. The Labute approximate surface area is 76.1 Å². The number of alkyl halides is 1. The Morgan fingerprint density at radius 2 is 1.92 bits per heavy atom. The molecule has 5 heteroatoms. The van der Waals surface area contributed by atoms with Gasteiger partial charge in [0.2, 0.25) is 0 Å². The molecule has 70 valence electrons. The van der Waals surface area contributed by atoms with Gasteiger partial charge in [-0.05, 0) is 11.6 Å². The van der Waals surface area contributed by atoms with E-state index >= 15 is 0 Å². The van der Waals surface area contributed by atoms with Crippen molar-refractivity contribution in [2.45, 2.75) is 0 Å². The molecule has 1 aliphatic heterocycles. The minimum atomic E-state index is -0.408. The molecule has 12 heavy (non-hydrogen) atoms. The molecule has 1 aliphatic rings. The molecule has 0 unspecified atom stereocenters. The summed E-state index contributed by atoms with van der Waals surface area (Å²) in [5.41, 5.74) is 0. The zero-order chi connectivity index (χ0) is 8.97. The fourth-order valence-corrected chi connectivity index (χ4v) is 1.44. The Kier molecular flexibility index (Phi) is 3.75. The van der Waals surface area contributed by atoms with Gasteiger partial charge in [0.25, 0.3) is 0 Å². The van der Waals surface area contributed by atoms with E-state index in [1.807, 2.05) is 4.90 Å². The van der Waals surface area contributed by atoms with E-state index in [-0.39, 0.29) is 6.67 Å². The van der Waals surface area contributed by atoms with Crippen molar-refractivity contribution in [2.75, 3.05) is 39.4 Å². The molecule has 0 aromatic rings. The maximum absolute atomic E-state index is 11.9. The average molecular weight is 195 g/mol. The second-order valence-corrected chi connectivity index (χ2v) is 3.09. The second-order valence-electron chi connectivity index (χ2n) is 2.77. The summed E-state index contributed by atoms with van der Waals surface area (Å²) in [6.07, 6.45) is 0. The van der Waals surface area contributed by atoms with Crippen LogP contribution >= 0.6 is 11.6 Å². The van der Waals surface area contributed by atoms with Crippen molar-refractivity contribution < 1.29 is 9.18 Å². The summed E-state index contributed by atoms with van der Waals surface area (Å²) in [4.78, 5) is 14.2. The number of rotatable bonds is 2. The van der Waals surface area contributed by atoms with Crippen LogP contribution < -0.4 is 0 Å². The number of hydrogen-bond donors (Lipinski definition) is 0. The van der Waals surface area contributed by atoms with E-state index < -0.39 is 5.37 Å². The summed E-state index contributed by atoms with van der Waals surface area (Å²) in [6.45, 7) is 2.81. The lowest BCUT2D eigenvalue weighted by atomic mass is 10.3. The molecule has 1 heterocycles. The lowest BCUT2D eigenvalue weighted by molar-refractivity contribution is 0.147. The summed E-state index contributed by atoms with van der Waals surface area (Å²) in [5.74, 6) is 0. The summed E-state index contributed by atoms with van der Waals surface area (Å²) in [6, 6.07) is 0. The third kappa shape index (κ3) is 2.60. The Hall–Kier alpha value is -0.350. The zero-order valence-electron chi connectivity index (χ0n) is 6.80. The number of hydrogen-bond acceptors (Lipinski definition) is 2. The second kappa shape index (κ2) is 4.62. The third-order valence-electron chi connectivity index (χ3n) is 2.02. The molecule has 1 fully saturated rings. The van der Waals surface area contributed by atoms with Gasteiger partial charge >= 0.3 is 5.37 Å². The van der Waals surface area contributed by atoms with Crippen LogP contribution in [0.5, 0.6) is 0 Å². The highest BCUT2D eigenvalue weighted by Gasteiger charge is 2.18. The van der Waals surface area contributed by atoms with Crippen molar-refractivity contribution in [1.29, 1.82) is 0 Å². The molecular formula is C7H12ClFN2O. The number of piperazine rings is 1. The van der Waals surface area contributed by atoms with Gasteiger partial charge in [0, 0.05) is 32.7 Å². The highest BCUT2D eigenvalue weighted by molar-refractivity contribution is 6.62. The molecule has 1 saturated heterocycles. The highest BCUT2D eigenvalue weighted by atomic mass is 35.5. The SMILES string of the molecule is O=C(Cl)N1CCN(CCF)CC1. The summed E-state index contributed by atoms with van der Waals surface area (Å²) >= 11 is 5.28.